The van der Waals surface area contributed by atoms with Gasteiger partial charge in [-0.3, -0.25) is 14.5 Å². The molecule has 2 aromatic heterocycles. The number of anilines is 1. The van der Waals surface area contributed by atoms with Crippen LogP contribution in [0.25, 0.3) is 5.76 Å². The Hall–Kier alpha value is -4.66. The van der Waals surface area contributed by atoms with Gasteiger partial charge in [-0.15, -0.1) is 10.2 Å². The van der Waals surface area contributed by atoms with E-state index in [1.54, 1.807) is 48.3 Å². The number of aliphatic hydroxyl groups is 1. The van der Waals surface area contributed by atoms with Gasteiger partial charge in [0.05, 0.1) is 30.1 Å². The summed E-state index contributed by atoms with van der Waals surface area (Å²) in [6, 6.07) is 17.3. The maximum atomic E-state index is 13.3. The quantitative estimate of drug-likeness (QED) is 0.243. The van der Waals surface area contributed by atoms with Crippen molar-refractivity contribution in [3.8, 4) is 0 Å². The topological polar surface area (TPSA) is 114 Å². The molecule has 9 nitrogen and oxygen atoms in total. The van der Waals surface area contributed by atoms with Crippen LogP contribution in [-0.2, 0) is 16.1 Å². The second kappa shape index (κ2) is 9.77. The Kier molecular flexibility index (Phi) is 6.35. The lowest BCUT2D eigenvalue weighted by Gasteiger charge is -2.24. The third-order valence-corrected chi connectivity index (χ3v) is 6.44. The highest BCUT2D eigenvalue weighted by Gasteiger charge is 2.47. The number of aliphatic hydroxyl groups excluding tert-OH is 1. The normalized spacial score (nSPS) is 17.1. The zero-order valence-electron chi connectivity index (χ0n) is 20.7. The van der Waals surface area contributed by atoms with E-state index < -0.39 is 17.7 Å². The zero-order chi connectivity index (χ0) is 26.1. The number of Topliss-reactive ketones (excluding diaryl/α,β-unsaturated/α-hetero) is 1. The molecule has 186 valence electrons. The fourth-order valence-electron chi connectivity index (χ4n) is 4.40. The molecule has 3 heterocycles. The molecule has 1 atom stereocenters. The predicted molar refractivity (Wildman–Crippen MR) is 138 cm³/mol. The van der Waals surface area contributed by atoms with Crippen molar-refractivity contribution >= 4 is 23.3 Å². The summed E-state index contributed by atoms with van der Waals surface area (Å²) in [7, 11) is 0. The van der Waals surface area contributed by atoms with Crippen molar-refractivity contribution in [1.29, 1.82) is 0 Å². The Balaban J connectivity index is 1.61. The summed E-state index contributed by atoms with van der Waals surface area (Å²) in [5.41, 5.74) is 3.87. The molecule has 5 rings (SSSR count). The van der Waals surface area contributed by atoms with Crippen LogP contribution in [0.5, 0.6) is 0 Å². The van der Waals surface area contributed by atoms with Crippen LogP contribution in [0.3, 0.4) is 0 Å². The molecular weight excluding hydrogens is 468 g/mol. The third kappa shape index (κ3) is 4.63. The monoisotopic (exact) mass is 494 g/mol. The summed E-state index contributed by atoms with van der Waals surface area (Å²) in [5.74, 6) is -1.22. The van der Waals surface area contributed by atoms with Crippen LogP contribution in [0.1, 0.15) is 53.8 Å². The van der Waals surface area contributed by atoms with Crippen LogP contribution in [0.15, 0.2) is 78.6 Å². The van der Waals surface area contributed by atoms with E-state index in [1.165, 1.54) is 4.90 Å². The third-order valence-electron chi connectivity index (χ3n) is 6.44. The van der Waals surface area contributed by atoms with Gasteiger partial charge in [0.25, 0.3) is 5.78 Å². The van der Waals surface area contributed by atoms with Gasteiger partial charge < -0.3 is 5.11 Å². The van der Waals surface area contributed by atoms with Crippen molar-refractivity contribution in [3.63, 3.8) is 0 Å². The number of carbonyl (C=O) groups is 2. The number of hydrogen-bond acceptors (Lipinski definition) is 7. The van der Waals surface area contributed by atoms with Gasteiger partial charge in [0.2, 0.25) is 0 Å². The highest BCUT2D eigenvalue weighted by Crippen LogP contribution is 2.41. The molecule has 9 heteroatoms. The van der Waals surface area contributed by atoms with Gasteiger partial charge in [0.1, 0.15) is 5.76 Å². The molecule has 37 heavy (non-hydrogen) atoms. The van der Waals surface area contributed by atoms with Crippen LogP contribution >= 0.6 is 0 Å². The van der Waals surface area contributed by atoms with Gasteiger partial charge in [-0.2, -0.15) is 5.10 Å². The van der Waals surface area contributed by atoms with Crippen molar-refractivity contribution in [1.82, 2.24) is 25.2 Å². The fraction of sp³-hybridized carbons (Fsp3) is 0.214. The van der Waals surface area contributed by atoms with Crippen molar-refractivity contribution in [2.75, 3.05) is 4.90 Å². The van der Waals surface area contributed by atoms with Gasteiger partial charge in [-0.05, 0) is 41.7 Å². The number of amides is 1. The first-order chi connectivity index (χ1) is 17.8. The predicted octanol–water partition coefficient (Wildman–Crippen LogP) is 4.17. The number of nitrogens with zero attached hydrogens (tertiary/aromatic N) is 6. The highest BCUT2D eigenvalue weighted by molar-refractivity contribution is 6.51. The zero-order valence-corrected chi connectivity index (χ0v) is 20.7. The van der Waals surface area contributed by atoms with Gasteiger partial charge in [-0.25, -0.2) is 4.68 Å². The number of ketones is 1. The molecule has 1 saturated heterocycles. The van der Waals surface area contributed by atoms with Gasteiger partial charge in [0.15, 0.2) is 5.82 Å². The Bertz CT molecular complexity index is 1460. The fourth-order valence-corrected chi connectivity index (χ4v) is 4.40. The minimum atomic E-state index is -0.873. The first-order valence-electron chi connectivity index (χ1n) is 12.0. The summed E-state index contributed by atoms with van der Waals surface area (Å²) < 4.78 is 1.70. The molecule has 1 fully saturated rings. The number of benzene rings is 2. The number of carbonyl (C=O) groups excluding carboxylic acids is 2. The van der Waals surface area contributed by atoms with E-state index >= 15 is 0 Å². The lowest BCUT2D eigenvalue weighted by molar-refractivity contribution is -0.132. The van der Waals surface area contributed by atoms with Crippen molar-refractivity contribution in [2.45, 2.75) is 39.3 Å². The summed E-state index contributed by atoms with van der Waals surface area (Å²) >= 11 is 0. The minimum Gasteiger partial charge on any atom is -0.507 e. The summed E-state index contributed by atoms with van der Waals surface area (Å²) in [5, 5.41) is 27.4. The van der Waals surface area contributed by atoms with Crippen LogP contribution < -0.4 is 4.90 Å². The molecule has 0 saturated carbocycles. The average Bonchev–Trinajstić information content (AvgIpc) is 3.51. The average molecular weight is 495 g/mol. The number of aryl methyl sites for hydroxylation is 1. The molecule has 1 aliphatic rings. The molecule has 4 aromatic rings. The van der Waals surface area contributed by atoms with Crippen molar-refractivity contribution in [3.05, 3.63) is 107 Å². The second-order valence-corrected chi connectivity index (χ2v) is 9.32. The number of hydrogen-bond donors (Lipinski definition) is 1. The summed E-state index contributed by atoms with van der Waals surface area (Å²) in [4.78, 5) is 27.9. The lowest BCUT2D eigenvalue weighted by atomic mass is 9.93. The first-order valence-corrected chi connectivity index (χ1v) is 12.0. The largest absolute Gasteiger partial charge is 0.507 e. The molecule has 0 bridgehead atoms. The van der Waals surface area contributed by atoms with Crippen LogP contribution in [0.4, 0.5) is 5.82 Å². The number of rotatable bonds is 6. The Labute approximate surface area is 214 Å². The molecule has 2 aromatic carbocycles. The molecule has 0 aliphatic carbocycles. The molecule has 1 unspecified atom stereocenters. The van der Waals surface area contributed by atoms with Crippen LogP contribution in [0, 0.1) is 6.92 Å². The van der Waals surface area contributed by atoms with E-state index in [0.717, 1.165) is 11.1 Å². The van der Waals surface area contributed by atoms with E-state index in [4.69, 9.17) is 0 Å². The SMILES string of the molecule is Cc1ccc(N2C(=O)C(=O)C(=C(O)c3ccc(C(C)C)cc3)C2c2ccc(Cn3ccnn3)cc2)nn1. The Morgan fingerprint density at radius 1 is 0.973 bits per heavy atom. The minimum absolute atomic E-state index is 0.00805. The second-order valence-electron chi connectivity index (χ2n) is 9.32. The molecule has 1 amide bonds. The smallest absolute Gasteiger partial charge is 0.301 e. The summed E-state index contributed by atoms with van der Waals surface area (Å²) in [6.07, 6.45) is 3.38. The maximum Gasteiger partial charge on any atom is 0.301 e. The molecule has 1 N–H and O–H groups in total. The van der Waals surface area contributed by atoms with Gasteiger partial charge in [0, 0.05) is 11.8 Å². The van der Waals surface area contributed by atoms with E-state index in [0.29, 0.717) is 29.3 Å². The van der Waals surface area contributed by atoms with Crippen molar-refractivity contribution < 1.29 is 14.7 Å². The maximum absolute atomic E-state index is 13.3. The highest BCUT2D eigenvalue weighted by atomic mass is 16.3. The van der Waals surface area contributed by atoms with Crippen LogP contribution in [-0.4, -0.2) is 42.0 Å². The lowest BCUT2D eigenvalue weighted by Crippen LogP contribution is -2.30. The van der Waals surface area contributed by atoms with E-state index in [2.05, 4.69) is 34.4 Å². The Morgan fingerprint density at radius 3 is 2.30 bits per heavy atom. The van der Waals surface area contributed by atoms with Crippen molar-refractivity contribution in [2.24, 2.45) is 0 Å². The Morgan fingerprint density at radius 2 is 1.70 bits per heavy atom. The first kappa shape index (κ1) is 24.1. The standard InChI is InChI=1S/C28H26N6O3/c1-17(2)20-9-11-22(12-10-20)26(35)24-25(21-7-5-19(6-8-21)16-33-15-14-29-32-33)34(28(37)27(24)36)23-13-4-18(3)30-31-23/h4-15,17,25,35H,16H2,1-3H3. The van der Waals surface area contributed by atoms with Crippen LogP contribution in [0.2, 0.25) is 0 Å². The van der Waals surface area contributed by atoms with Gasteiger partial charge in [-0.1, -0.05) is 67.6 Å². The molecule has 0 radical (unpaired) electrons. The van der Waals surface area contributed by atoms with E-state index in [9.17, 15) is 14.7 Å². The van der Waals surface area contributed by atoms with E-state index in [1.807, 2.05) is 36.4 Å². The molecule has 0 spiro atoms. The molecule has 1 aliphatic heterocycles. The summed E-state index contributed by atoms with van der Waals surface area (Å²) in [6.45, 7) is 6.47. The van der Waals surface area contributed by atoms with Gasteiger partial charge >= 0.3 is 5.91 Å². The number of aromatic nitrogens is 5. The molecular formula is C28H26N6O3. The van der Waals surface area contributed by atoms with E-state index in [-0.39, 0.29) is 17.2 Å².